The Bertz CT molecular complexity index is 901. The van der Waals surface area contributed by atoms with Gasteiger partial charge in [0.05, 0.1) is 30.8 Å². The van der Waals surface area contributed by atoms with Crippen molar-refractivity contribution in [3.63, 3.8) is 0 Å². The number of hydrogen-bond acceptors (Lipinski definition) is 7. The van der Waals surface area contributed by atoms with Crippen LogP contribution in [0.25, 0.3) is 0 Å². The number of halogens is 1. The molecule has 0 atom stereocenters. The molecule has 0 saturated carbocycles. The maximum absolute atomic E-state index is 14.0. The second-order valence-electron chi connectivity index (χ2n) is 5.66. The highest BCUT2D eigenvalue weighted by Crippen LogP contribution is 2.19. The number of hydrogen-bond donors (Lipinski definition) is 1. The zero-order chi connectivity index (χ0) is 21.1. The first-order chi connectivity index (χ1) is 14.0. The number of aromatic nitrogens is 2. The van der Waals surface area contributed by atoms with Gasteiger partial charge in [0.1, 0.15) is 11.5 Å². The number of nitriles is 1. The average molecular weight is 399 g/mol. The van der Waals surface area contributed by atoms with Crippen molar-refractivity contribution in [2.45, 2.75) is 12.8 Å². The lowest BCUT2D eigenvalue weighted by Crippen LogP contribution is -2.36. The fourth-order valence-corrected chi connectivity index (χ4v) is 2.29. The van der Waals surface area contributed by atoms with Gasteiger partial charge in [-0.15, -0.1) is 0 Å². The first kappa shape index (κ1) is 21.4. The minimum atomic E-state index is -0.716. The van der Waals surface area contributed by atoms with Gasteiger partial charge in [0.15, 0.2) is 6.61 Å². The molecule has 9 nitrogen and oxygen atoms in total. The van der Waals surface area contributed by atoms with Crippen molar-refractivity contribution in [2.75, 3.05) is 24.6 Å². The average Bonchev–Trinajstić information content (AvgIpc) is 2.74. The van der Waals surface area contributed by atoms with Crippen LogP contribution in [0.4, 0.5) is 10.1 Å². The Morgan fingerprint density at radius 2 is 2.03 bits per heavy atom. The van der Waals surface area contributed by atoms with Gasteiger partial charge >= 0.3 is 5.97 Å². The van der Waals surface area contributed by atoms with Crippen molar-refractivity contribution in [1.29, 1.82) is 5.26 Å². The van der Waals surface area contributed by atoms with Gasteiger partial charge in [-0.1, -0.05) is 12.1 Å². The highest BCUT2D eigenvalue weighted by Gasteiger charge is 2.20. The highest BCUT2D eigenvalue weighted by molar-refractivity contribution is 5.95. The van der Waals surface area contributed by atoms with Crippen molar-refractivity contribution in [3.8, 4) is 6.07 Å². The number of carbonyl (C=O) groups is 3. The van der Waals surface area contributed by atoms with Crippen LogP contribution in [0.15, 0.2) is 42.9 Å². The van der Waals surface area contributed by atoms with E-state index in [0.29, 0.717) is 0 Å². The molecule has 2 amide bonds. The van der Waals surface area contributed by atoms with Gasteiger partial charge in [0, 0.05) is 25.5 Å². The molecule has 0 spiro atoms. The highest BCUT2D eigenvalue weighted by atomic mass is 19.1. The summed E-state index contributed by atoms with van der Waals surface area (Å²) >= 11 is 0. The summed E-state index contributed by atoms with van der Waals surface area (Å²) in [7, 11) is 0. The Kier molecular flexibility index (Phi) is 8.19. The largest absolute Gasteiger partial charge is 0.455 e. The fourth-order valence-electron chi connectivity index (χ4n) is 2.29. The molecule has 2 aromatic rings. The molecular weight excluding hydrogens is 381 g/mol. The van der Waals surface area contributed by atoms with Crippen LogP contribution in [-0.2, 0) is 14.3 Å². The molecule has 0 aliphatic heterocycles. The van der Waals surface area contributed by atoms with Gasteiger partial charge in [-0.2, -0.15) is 5.26 Å². The van der Waals surface area contributed by atoms with E-state index < -0.39 is 30.2 Å². The number of nitrogens with zero attached hydrogens (tertiary/aromatic N) is 4. The predicted octanol–water partition coefficient (Wildman–Crippen LogP) is 1.23. The summed E-state index contributed by atoms with van der Waals surface area (Å²) in [6.07, 6.45) is 3.89. The van der Waals surface area contributed by atoms with Crippen LogP contribution >= 0.6 is 0 Å². The SMILES string of the molecule is N#CCCN(C(=O)COC(=O)CCNC(=O)c1cnccn1)c1ccccc1F. The monoisotopic (exact) mass is 399 g/mol. The van der Waals surface area contributed by atoms with Gasteiger partial charge in [0.25, 0.3) is 11.8 Å². The van der Waals surface area contributed by atoms with Gasteiger partial charge in [-0.05, 0) is 12.1 Å². The van der Waals surface area contributed by atoms with Gasteiger partial charge in [-0.25, -0.2) is 9.37 Å². The van der Waals surface area contributed by atoms with Crippen molar-refractivity contribution >= 4 is 23.5 Å². The van der Waals surface area contributed by atoms with Crippen molar-refractivity contribution in [3.05, 3.63) is 54.4 Å². The number of benzene rings is 1. The summed E-state index contributed by atoms with van der Waals surface area (Å²) < 4.78 is 18.9. The number of esters is 1. The van der Waals surface area contributed by atoms with E-state index in [4.69, 9.17) is 10.00 Å². The van der Waals surface area contributed by atoms with E-state index in [0.717, 1.165) is 4.90 Å². The molecule has 0 aliphatic rings. The second kappa shape index (κ2) is 11.1. The quantitative estimate of drug-likeness (QED) is 0.629. The topological polar surface area (TPSA) is 125 Å². The second-order valence-corrected chi connectivity index (χ2v) is 5.66. The van der Waals surface area contributed by atoms with E-state index in [1.807, 2.05) is 6.07 Å². The van der Waals surface area contributed by atoms with E-state index in [1.165, 1.54) is 36.8 Å². The Balaban J connectivity index is 1.82. The molecule has 0 aliphatic carbocycles. The zero-order valence-corrected chi connectivity index (χ0v) is 15.4. The fraction of sp³-hybridized carbons (Fsp3) is 0.263. The first-order valence-electron chi connectivity index (χ1n) is 8.64. The smallest absolute Gasteiger partial charge is 0.308 e. The molecule has 1 heterocycles. The van der Waals surface area contributed by atoms with Gasteiger partial charge < -0.3 is 15.0 Å². The van der Waals surface area contributed by atoms with Crippen molar-refractivity contribution in [1.82, 2.24) is 15.3 Å². The molecule has 10 heteroatoms. The van der Waals surface area contributed by atoms with Crippen LogP contribution in [0.1, 0.15) is 23.3 Å². The maximum Gasteiger partial charge on any atom is 0.308 e. The molecule has 0 fully saturated rings. The van der Waals surface area contributed by atoms with E-state index >= 15 is 0 Å². The van der Waals surface area contributed by atoms with Crippen LogP contribution < -0.4 is 10.2 Å². The van der Waals surface area contributed by atoms with Crippen LogP contribution in [0.2, 0.25) is 0 Å². The summed E-state index contributed by atoms with van der Waals surface area (Å²) in [6.45, 7) is -0.674. The number of ether oxygens (including phenoxy) is 1. The molecule has 0 saturated heterocycles. The summed E-state index contributed by atoms with van der Waals surface area (Å²) in [6, 6.07) is 7.50. The number of amides is 2. The number of nitrogens with one attached hydrogen (secondary N) is 1. The normalized spacial score (nSPS) is 9.93. The summed E-state index contributed by atoms with van der Waals surface area (Å²) in [5, 5.41) is 11.2. The molecule has 0 bridgehead atoms. The predicted molar refractivity (Wildman–Crippen MR) is 98.9 cm³/mol. The lowest BCUT2D eigenvalue weighted by molar-refractivity contribution is -0.147. The van der Waals surface area contributed by atoms with Crippen LogP contribution in [-0.4, -0.2) is 47.4 Å². The molecule has 0 radical (unpaired) electrons. The van der Waals surface area contributed by atoms with Crippen LogP contribution in [0.3, 0.4) is 0 Å². The Labute approximate surface area is 166 Å². The lowest BCUT2D eigenvalue weighted by atomic mass is 10.2. The third-order valence-corrected chi connectivity index (χ3v) is 3.66. The Morgan fingerprint density at radius 1 is 1.24 bits per heavy atom. The van der Waals surface area contributed by atoms with E-state index in [1.54, 1.807) is 6.07 Å². The third kappa shape index (κ3) is 6.66. The summed E-state index contributed by atoms with van der Waals surface area (Å²) in [5.74, 6) is -2.50. The first-order valence-corrected chi connectivity index (χ1v) is 8.64. The minimum Gasteiger partial charge on any atom is -0.455 e. The van der Waals surface area contributed by atoms with E-state index in [2.05, 4.69) is 15.3 Å². The van der Waals surface area contributed by atoms with Gasteiger partial charge in [0.2, 0.25) is 0 Å². The maximum atomic E-state index is 14.0. The molecule has 1 aromatic carbocycles. The van der Waals surface area contributed by atoms with Crippen molar-refractivity contribution < 1.29 is 23.5 Å². The molecule has 150 valence electrons. The molecule has 1 aromatic heterocycles. The Morgan fingerprint density at radius 3 is 2.72 bits per heavy atom. The molecule has 2 rings (SSSR count). The lowest BCUT2D eigenvalue weighted by Gasteiger charge is -2.22. The standard InChI is InChI=1S/C19H18FN5O4/c20-14-4-1-2-5-16(14)25(11-3-7-21)17(26)13-29-18(27)6-8-24-19(28)15-12-22-9-10-23-15/h1-2,4-5,9-10,12H,3,6,8,11,13H2,(H,24,28). The summed E-state index contributed by atoms with van der Waals surface area (Å²) in [4.78, 5) is 44.6. The summed E-state index contributed by atoms with van der Waals surface area (Å²) in [5.41, 5.74) is 0.106. The van der Waals surface area contributed by atoms with Crippen LogP contribution in [0.5, 0.6) is 0 Å². The van der Waals surface area contributed by atoms with E-state index in [9.17, 15) is 18.8 Å². The van der Waals surface area contributed by atoms with Crippen molar-refractivity contribution in [2.24, 2.45) is 0 Å². The van der Waals surface area contributed by atoms with Gasteiger partial charge in [-0.3, -0.25) is 19.4 Å². The molecule has 1 N–H and O–H groups in total. The minimum absolute atomic E-state index is 0.0000305. The number of carbonyl (C=O) groups excluding carboxylic acids is 3. The molecule has 0 unspecified atom stereocenters. The van der Waals surface area contributed by atoms with E-state index in [-0.39, 0.29) is 37.3 Å². The van der Waals surface area contributed by atoms with Crippen LogP contribution in [0, 0.1) is 17.1 Å². The Hall–Kier alpha value is -3.87. The number of anilines is 1. The zero-order valence-electron chi connectivity index (χ0n) is 15.4. The number of para-hydroxylation sites is 1. The molecular formula is C19H18FN5O4. The number of rotatable bonds is 9. The molecule has 29 heavy (non-hydrogen) atoms. The third-order valence-electron chi connectivity index (χ3n) is 3.66.